The summed E-state index contributed by atoms with van der Waals surface area (Å²) >= 11 is 1.51. The van der Waals surface area contributed by atoms with Crippen LogP contribution < -0.4 is 10.2 Å². The largest absolute Gasteiger partial charge is 0.455 e. The highest BCUT2D eigenvalue weighted by Gasteiger charge is 2.43. The average Bonchev–Trinajstić information content (AvgIpc) is 3.38. The number of carbonyl (C=O) groups is 3. The highest BCUT2D eigenvalue weighted by atomic mass is 32.1. The summed E-state index contributed by atoms with van der Waals surface area (Å²) in [6, 6.07) is 21.0. The van der Waals surface area contributed by atoms with Crippen molar-refractivity contribution in [2.24, 2.45) is 5.92 Å². The third-order valence-corrected chi connectivity index (χ3v) is 6.91. The number of piperidine rings is 1. The summed E-state index contributed by atoms with van der Waals surface area (Å²) in [6.07, 6.45) is 1.34. The lowest BCUT2D eigenvalue weighted by molar-refractivity contribution is -0.154. The lowest BCUT2D eigenvalue weighted by atomic mass is 9.87. The first kappa shape index (κ1) is 23.7. The summed E-state index contributed by atoms with van der Waals surface area (Å²) in [5.41, 5.74) is 2.97. The number of aryl methyl sites for hydroxylation is 1. The van der Waals surface area contributed by atoms with Gasteiger partial charge in [-0.3, -0.25) is 14.4 Å². The van der Waals surface area contributed by atoms with Gasteiger partial charge in [0.05, 0.1) is 12.0 Å². The van der Waals surface area contributed by atoms with Crippen LogP contribution in [0.3, 0.4) is 0 Å². The Hall–Kier alpha value is -3.45. The Balaban J connectivity index is 1.41. The molecule has 0 spiro atoms. The van der Waals surface area contributed by atoms with E-state index >= 15 is 0 Å². The fourth-order valence-electron chi connectivity index (χ4n) is 4.22. The highest BCUT2D eigenvalue weighted by molar-refractivity contribution is 7.10. The molecule has 3 aromatic rings. The number of carbonyl (C=O) groups excluding carboxylic acids is 3. The Bertz CT molecular complexity index is 1110. The third kappa shape index (κ3) is 5.72. The van der Waals surface area contributed by atoms with Gasteiger partial charge >= 0.3 is 5.97 Å². The van der Waals surface area contributed by atoms with E-state index in [1.165, 1.54) is 11.3 Å². The maximum absolute atomic E-state index is 13.1. The standard InChI is InChI=1S/C27H28N2O4S/c1-19-9-11-21(12-10-19)29-25(31)14-13-22(26(29)23-8-5-17-34-23)27(32)33-18-24(30)28-16-15-20-6-3-2-4-7-20/h2-12,17,22,26H,13-16,18H2,1H3,(H,28,30). The van der Waals surface area contributed by atoms with Crippen molar-refractivity contribution in [3.8, 4) is 0 Å². The van der Waals surface area contributed by atoms with Gasteiger partial charge in [0.15, 0.2) is 6.61 Å². The lowest BCUT2D eigenvalue weighted by Gasteiger charge is -2.39. The second-order valence-electron chi connectivity index (χ2n) is 8.40. The Morgan fingerprint density at radius 2 is 1.82 bits per heavy atom. The first-order valence-corrected chi connectivity index (χ1v) is 12.3. The Morgan fingerprint density at radius 3 is 2.53 bits per heavy atom. The first-order valence-electron chi connectivity index (χ1n) is 11.4. The molecule has 6 nitrogen and oxygen atoms in total. The molecule has 0 saturated carbocycles. The van der Waals surface area contributed by atoms with Crippen LogP contribution in [-0.4, -0.2) is 30.9 Å². The summed E-state index contributed by atoms with van der Waals surface area (Å²) in [5, 5.41) is 4.73. The van der Waals surface area contributed by atoms with E-state index in [4.69, 9.17) is 4.74 Å². The molecule has 1 saturated heterocycles. The Labute approximate surface area is 203 Å². The Kier molecular flexibility index (Phi) is 7.75. The van der Waals surface area contributed by atoms with E-state index in [1.54, 1.807) is 4.90 Å². The summed E-state index contributed by atoms with van der Waals surface area (Å²) in [6.45, 7) is 2.13. The number of nitrogens with zero attached hydrogens (tertiary/aromatic N) is 1. The van der Waals surface area contributed by atoms with Gasteiger partial charge in [0, 0.05) is 23.5 Å². The number of anilines is 1. The number of benzene rings is 2. The molecule has 2 unspecified atom stereocenters. The zero-order valence-corrected chi connectivity index (χ0v) is 19.9. The van der Waals surface area contributed by atoms with E-state index in [0.29, 0.717) is 19.4 Å². The second-order valence-corrected chi connectivity index (χ2v) is 9.38. The van der Waals surface area contributed by atoms with Crippen molar-refractivity contribution in [1.29, 1.82) is 0 Å². The second kappa shape index (κ2) is 11.1. The molecule has 2 amide bonds. The van der Waals surface area contributed by atoms with Crippen molar-refractivity contribution in [3.05, 3.63) is 88.1 Å². The van der Waals surface area contributed by atoms with Gasteiger partial charge in [-0.2, -0.15) is 0 Å². The molecule has 1 aliphatic rings. The van der Waals surface area contributed by atoms with Crippen molar-refractivity contribution in [2.45, 2.75) is 32.2 Å². The molecule has 34 heavy (non-hydrogen) atoms. The molecule has 0 bridgehead atoms. The molecule has 1 N–H and O–H groups in total. The molecule has 4 rings (SSSR count). The lowest BCUT2D eigenvalue weighted by Crippen LogP contribution is -2.46. The molecule has 2 heterocycles. The van der Waals surface area contributed by atoms with Crippen LogP contribution in [0.5, 0.6) is 0 Å². The van der Waals surface area contributed by atoms with E-state index in [0.717, 1.165) is 21.7 Å². The molecule has 0 aliphatic carbocycles. The van der Waals surface area contributed by atoms with Crippen molar-refractivity contribution in [1.82, 2.24) is 5.32 Å². The summed E-state index contributed by atoms with van der Waals surface area (Å²) < 4.78 is 5.43. The van der Waals surface area contributed by atoms with Gasteiger partial charge in [-0.15, -0.1) is 11.3 Å². The summed E-state index contributed by atoms with van der Waals surface area (Å²) in [7, 11) is 0. The zero-order valence-electron chi connectivity index (χ0n) is 19.1. The number of ether oxygens (including phenoxy) is 1. The first-order chi connectivity index (χ1) is 16.5. The van der Waals surface area contributed by atoms with Crippen LogP contribution >= 0.6 is 11.3 Å². The molecule has 1 fully saturated rings. The van der Waals surface area contributed by atoms with Crippen molar-refractivity contribution >= 4 is 34.8 Å². The smallest absolute Gasteiger partial charge is 0.311 e. The number of nitrogens with one attached hydrogen (secondary N) is 1. The van der Waals surface area contributed by atoms with Crippen LogP contribution in [-0.2, 0) is 25.5 Å². The molecule has 176 valence electrons. The number of hydrogen-bond donors (Lipinski definition) is 1. The van der Waals surface area contributed by atoms with Crippen LogP contribution in [0, 0.1) is 12.8 Å². The van der Waals surface area contributed by atoms with Gasteiger partial charge in [0.2, 0.25) is 5.91 Å². The quantitative estimate of drug-likeness (QED) is 0.488. The summed E-state index contributed by atoms with van der Waals surface area (Å²) in [4.78, 5) is 41.0. The minimum Gasteiger partial charge on any atom is -0.455 e. The van der Waals surface area contributed by atoms with Gasteiger partial charge < -0.3 is 15.0 Å². The van der Waals surface area contributed by atoms with Crippen LogP contribution in [0.1, 0.15) is 34.9 Å². The third-order valence-electron chi connectivity index (χ3n) is 5.97. The predicted octanol–water partition coefficient (Wildman–Crippen LogP) is 4.44. The highest BCUT2D eigenvalue weighted by Crippen LogP contribution is 2.42. The molecule has 0 radical (unpaired) electrons. The van der Waals surface area contributed by atoms with Crippen molar-refractivity contribution in [2.75, 3.05) is 18.1 Å². The van der Waals surface area contributed by atoms with E-state index in [2.05, 4.69) is 5.32 Å². The molecular weight excluding hydrogens is 448 g/mol. The van der Waals surface area contributed by atoms with E-state index < -0.39 is 17.9 Å². The minimum atomic E-state index is -0.547. The number of esters is 1. The number of thiophene rings is 1. The van der Waals surface area contributed by atoms with E-state index in [9.17, 15) is 14.4 Å². The molecule has 7 heteroatoms. The van der Waals surface area contributed by atoms with Crippen LogP contribution in [0.25, 0.3) is 0 Å². The van der Waals surface area contributed by atoms with E-state index in [-0.39, 0.29) is 24.8 Å². The van der Waals surface area contributed by atoms with Gasteiger partial charge in [-0.05, 0) is 48.9 Å². The fraction of sp³-hybridized carbons (Fsp3) is 0.296. The monoisotopic (exact) mass is 476 g/mol. The molecule has 1 aliphatic heterocycles. The number of amides is 2. The van der Waals surface area contributed by atoms with Gasteiger partial charge in [0.1, 0.15) is 0 Å². The normalized spacial score (nSPS) is 17.9. The van der Waals surface area contributed by atoms with Crippen LogP contribution in [0.2, 0.25) is 0 Å². The van der Waals surface area contributed by atoms with Crippen molar-refractivity contribution in [3.63, 3.8) is 0 Å². The van der Waals surface area contributed by atoms with Crippen LogP contribution in [0.15, 0.2) is 72.1 Å². The molecular formula is C27H28N2O4S. The van der Waals surface area contributed by atoms with Gasteiger partial charge in [-0.1, -0.05) is 54.1 Å². The maximum Gasteiger partial charge on any atom is 0.311 e. The Morgan fingerprint density at radius 1 is 1.06 bits per heavy atom. The number of hydrogen-bond acceptors (Lipinski definition) is 5. The number of rotatable bonds is 8. The average molecular weight is 477 g/mol. The zero-order chi connectivity index (χ0) is 23.9. The fourth-order valence-corrected chi connectivity index (χ4v) is 5.10. The topological polar surface area (TPSA) is 75.7 Å². The van der Waals surface area contributed by atoms with Crippen molar-refractivity contribution < 1.29 is 19.1 Å². The molecule has 1 aromatic heterocycles. The molecule has 2 atom stereocenters. The summed E-state index contributed by atoms with van der Waals surface area (Å²) in [5.74, 6) is -1.36. The van der Waals surface area contributed by atoms with Crippen LogP contribution in [0.4, 0.5) is 5.69 Å². The maximum atomic E-state index is 13.1. The SMILES string of the molecule is Cc1ccc(N2C(=O)CCC(C(=O)OCC(=O)NCCc3ccccc3)C2c2cccs2)cc1. The molecule has 2 aromatic carbocycles. The van der Waals surface area contributed by atoms with Gasteiger partial charge in [0.25, 0.3) is 5.91 Å². The van der Waals surface area contributed by atoms with Gasteiger partial charge in [-0.25, -0.2) is 0 Å². The van der Waals surface area contributed by atoms with E-state index in [1.807, 2.05) is 79.0 Å². The predicted molar refractivity (Wildman–Crippen MR) is 133 cm³/mol. The minimum absolute atomic E-state index is 0.0232.